The highest BCUT2D eigenvalue weighted by atomic mass is 16.5. The molecule has 4 N–H and O–H groups in total. The van der Waals surface area contributed by atoms with Gasteiger partial charge >= 0.3 is 12.0 Å². The highest BCUT2D eigenvalue weighted by Gasteiger charge is 2.34. The van der Waals surface area contributed by atoms with Crippen LogP contribution >= 0.6 is 0 Å². The zero-order valence-corrected chi connectivity index (χ0v) is 23.4. The molecule has 10 nitrogen and oxygen atoms in total. The number of likely N-dealkylation sites (N-methyl/N-ethyl adjacent to an activating group) is 1. The van der Waals surface area contributed by atoms with E-state index < -0.39 is 18.0 Å². The number of carbonyl (C=O) groups is 3. The zero-order chi connectivity index (χ0) is 29.5. The standard InChI is InChI=1S/C31H36N4O6/c1-20-16-35(21(2)19-36)29(37)25-10-7-11-26(33-31(40)32-24-8-5-4-6-9-24)28(25)41-27(20)18-34(3)17-22-12-14-23(15-13-22)30(38)39/h4-15,20-21,27,36H,16-19H2,1-3H3,(H,38,39)(H2,32,33,40)/t20-,21-,27-/m1/s1. The maximum Gasteiger partial charge on any atom is 0.335 e. The van der Waals surface area contributed by atoms with Crippen molar-refractivity contribution in [3.8, 4) is 5.75 Å². The number of hydrogen-bond acceptors (Lipinski definition) is 6. The smallest absolute Gasteiger partial charge is 0.335 e. The highest BCUT2D eigenvalue weighted by Crippen LogP contribution is 2.35. The first-order chi connectivity index (χ1) is 19.7. The van der Waals surface area contributed by atoms with Gasteiger partial charge in [0.15, 0.2) is 5.75 Å². The SMILES string of the molecule is C[C@@H]1CN([C@H](C)CO)C(=O)c2cccc(NC(=O)Nc3ccccc3)c2O[C@@H]1CN(C)Cc1ccc(C(=O)O)cc1. The fourth-order valence-corrected chi connectivity index (χ4v) is 4.80. The first-order valence-corrected chi connectivity index (χ1v) is 13.5. The normalized spacial score (nSPS) is 17.6. The van der Waals surface area contributed by atoms with Gasteiger partial charge in [0, 0.05) is 31.2 Å². The van der Waals surface area contributed by atoms with Crippen LogP contribution in [0, 0.1) is 5.92 Å². The predicted octanol–water partition coefficient (Wildman–Crippen LogP) is 4.38. The van der Waals surface area contributed by atoms with Crippen molar-refractivity contribution < 1.29 is 29.3 Å². The summed E-state index contributed by atoms with van der Waals surface area (Å²) >= 11 is 0. The Hall–Kier alpha value is -4.41. The van der Waals surface area contributed by atoms with Crippen molar-refractivity contribution in [1.29, 1.82) is 0 Å². The maximum atomic E-state index is 13.7. The monoisotopic (exact) mass is 560 g/mol. The molecule has 0 spiro atoms. The number of hydrogen-bond donors (Lipinski definition) is 4. The van der Waals surface area contributed by atoms with Crippen molar-refractivity contribution in [1.82, 2.24) is 9.80 Å². The summed E-state index contributed by atoms with van der Waals surface area (Å²) in [7, 11) is 1.94. The number of nitrogens with one attached hydrogen (secondary N) is 2. The molecule has 1 heterocycles. The second kappa shape index (κ2) is 13.3. The van der Waals surface area contributed by atoms with Crippen molar-refractivity contribution in [3.05, 3.63) is 89.5 Å². The molecule has 41 heavy (non-hydrogen) atoms. The number of urea groups is 1. The van der Waals surface area contributed by atoms with Crippen LogP contribution in [0.1, 0.15) is 40.1 Å². The molecular formula is C31H36N4O6. The number of para-hydroxylation sites is 2. The lowest BCUT2D eigenvalue weighted by Crippen LogP contribution is -2.49. The summed E-state index contributed by atoms with van der Waals surface area (Å²) in [6.07, 6.45) is -0.376. The number of carboxylic acids is 1. The molecule has 0 fully saturated rings. The Morgan fingerprint density at radius 2 is 1.76 bits per heavy atom. The number of nitrogens with zero attached hydrogens (tertiary/aromatic N) is 2. The molecule has 3 aromatic rings. The van der Waals surface area contributed by atoms with Gasteiger partial charge in [-0.2, -0.15) is 0 Å². The van der Waals surface area contributed by atoms with Crippen LogP contribution in [0.15, 0.2) is 72.8 Å². The van der Waals surface area contributed by atoms with Crippen molar-refractivity contribution in [3.63, 3.8) is 0 Å². The second-order valence-corrected chi connectivity index (χ2v) is 10.4. The third kappa shape index (κ3) is 7.41. The van der Waals surface area contributed by atoms with Crippen LogP contribution in [0.3, 0.4) is 0 Å². The van der Waals surface area contributed by atoms with E-state index in [9.17, 15) is 24.6 Å². The lowest BCUT2D eigenvalue weighted by Gasteiger charge is -2.38. The number of amides is 3. The third-order valence-corrected chi connectivity index (χ3v) is 7.12. The van der Waals surface area contributed by atoms with E-state index in [4.69, 9.17) is 4.74 Å². The van der Waals surface area contributed by atoms with E-state index in [-0.39, 0.29) is 35.8 Å². The predicted molar refractivity (Wildman–Crippen MR) is 156 cm³/mol. The summed E-state index contributed by atoms with van der Waals surface area (Å²) in [5.74, 6) is -1.11. The van der Waals surface area contributed by atoms with Gasteiger partial charge in [-0.1, -0.05) is 43.3 Å². The number of rotatable bonds is 9. The molecule has 4 rings (SSSR count). The van der Waals surface area contributed by atoms with Crippen molar-refractivity contribution in [2.24, 2.45) is 5.92 Å². The number of fused-ring (bicyclic) bond motifs is 1. The van der Waals surface area contributed by atoms with Gasteiger partial charge < -0.3 is 30.5 Å². The highest BCUT2D eigenvalue weighted by molar-refractivity contribution is 6.04. The molecule has 1 aliphatic heterocycles. The van der Waals surface area contributed by atoms with Crippen molar-refractivity contribution >= 4 is 29.3 Å². The number of ether oxygens (including phenoxy) is 1. The molecule has 0 saturated heterocycles. The van der Waals surface area contributed by atoms with E-state index in [1.165, 1.54) is 0 Å². The van der Waals surface area contributed by atoms with E-state index in [1.54, 1.807) is 66.4 Å². The fraction of sp³-hybridized carbons (Fsp3) is 0.323. The number of aromatic carboxylic acids is 1. The van der Waals surface area contributed by atoms with Gasteiger partial charge in [-0.3, -0.25) is 9.69 Å². The molecule has 0 saturated carbocycles. The maximum absolute atomic E-state index is 13.7. The average molecular weight is 561 g/mol. The van der Waals surface area contributed by atoms with Crippen molar-refractivity contribution in [2.75, 3.05) is 37.4 Å². The van der Waals surface area contributed by atoms with E-state index in [0.717, 1.165) is 5.56 Å². The Morgan fingerprint density at radius 1 is 1.05 bits per heavy atom. The van der Waals surface area contributed by atoms with E-state index >= 15 is 0 Å². The fourth-order valence-electron chi connectivity index (χ4n) is 4.80. The minimum absolute atomic E-state index is 0.121. The minimum atomic E-state index is -0.974. The van der Waals surface area contributed by atoms with Crippen LogP contribution in [0.5, 0.6) is 5.75 Å². The summed E-state index contributed by atoms with van der Waals surface area (Å²) in [5.41, 5.74) is 2.44. The molecule has 3 atom stereocenters. The molecular weight excluding hydrogens is 524 g/mol. The Labute approximate surface area is 239 Å². The molecule has 3 amide bonds. The van der Waals surface area contributed by atoms with Gasteiger partial charge in [-0.25, -0.2) is 9.59 Å². The molecule has 0 bridgehead atoms. The quantitative estimate of drug-likeness (QED) is 0.305. The van der Waals surface area contributed by atoms with Crippen LogP contribution in [0.25, 0.3) is 0 Å². The van der Waals surface area contributed by atoms with Crippen LogP contribution in [0.2, 0.25) is 0 Å². The number of anilines is 2. The van der Waals surface area contributed by atoms with Gasteiger partial charge in [0.05, 0.1) is 29.5 Å². The first-order valence-electron chi connectivity index (χ1n) is 13.5. The summed E-state index contributed by atoms with van der Waals surface area (Å²) in [6.45, 7) is 5.01. The lowest BCUT2D eigenvalue weighted by molar-refractivity contribution is 0.0343. The van der Waals surface area contributed by atoms with E-state index in [0.29, 0.717) is 36.6 Å². The zero-order valence-electron chi connectivity index (χ0n) is 23.4. The Bertz CT molecular complexity index is 1360. The largest absolute Gasteiger partial charge is 0.486 e. The van der Waals surface area contributed by atoms with Crippen LogP contribution in [-0.2, 0) is 6.54 Å². The molecule has 10 heteroatoms. The topological polar surface area (TPSA) is 131 Å². The number of aliphatic hydroxyl groups is 1. The summed E-state index contributed by atoms with van der Waals surface area (Å²) in [6, 6.07) is 19.9. The summed E-state index contributed by atoms with van der Waals surface area (Å²) < 4.78 is 6.55. The van der Waals surface area contributed by atoms with Gasteiger partial charge in [-0.15, -0.1) is 0 Å². The van der Waals surface area contributed by atoms with Crippen LogP contribution in [0.4, 0.5) is 16.2 Å². The lowest BCUT2D eigenvalue weighted by atomic mass is 9.98. The van der Waals surface area contributed by atoms with Gasteiger partial charge in [0.2, 0.25) is 0 Å². The molecule has 0 radical (unpaired) electrons. The van der Waals surface area contributed by atoms with Gasteiger partial charge in [0.25, 0.3) is 5.91 Å². The number of carboxylic acid groups (broad SMARTS) is 1. The van der Waals surface area contributed by atoms with Crippen LogP contribution in [-0.4, -0.2) is 76.8 Å². The Balaban J connectivity index is 1.60. The molecule has 216 valence electrons. The molecule has 3 aromatic carbocycles. The number of benzene rings is 3. The second-order valence-electron chi connectivity index (χ2n) is 10.4. The van der Waals surface area contributed by atoms with Gasteiger partial charge in [-0.05, 0) is 55.9 Å². The van der Waals surface area contributed by atoms with E-state index in [1.807, 2.05) is 32.2 Å². The third-order valence-electron chi connectivity index (χ3n) is 7.12. The molecule has 0 unspecified atom stereocenters. The van der Waals surface area contributed by atoms with Gasteiger partial charge in [0.1, 0.15) is 6.10 Å². The Morgan fingerprint density at radius 3 is 2.41 bits per heavy atom. The molecule has 0 aromatic heterocycles. The summed E-state index contributed by atoms with van der Waals surface area (Å²) in [5, 5.41) is 24.7. The average Bonchev–Trinajstić information content (AvgIpc) is 2.95. The number of carbonyl (C=O) groups excluding carboxylic acids is 2. The van der Waals surface area contributed by atoms with Crippen LogP contribution < -0.4 is 15.4 Å². The number of aliphatic hydroxyl groups excluding tert-OH is 1. The Kier molecular flexibility index (Phi) is 9.59. The minimum Gasteiger partial charge on any atom is -0.486 e. The molecule has 0 aliphatic carbocycles. The molecule has 1 aliphatic rings. The van der Waals surface area contributed by atoms with E-state index in [2.05, 4.69) is 15.5 Å². The summed E-state index contributed by atoms with van der Waals surface area (Å²) in [4.78, 5) is 41.4. The first kappa shape index (κ1) is 29.6. The van der Waals surface area contributed by atoms with Crippen molar-refractivity contribution in [2.45, 2.75) is 32.5 Å².